The summed E-state index contributed by atoms with van der Waals surface area (Å²) in [5, 5.41) is 0. The number of hydrogen-bond donors (Lipinski definition) is 0. The van der Waals surface area contributed by atoms with Gasteiger partial charge in [-0.25, -0.2) is 19.9 Å². The molecule has 0 N–H and O–H groups in total. The predicted molar refractivity (Wildman–Crippen MR) is 86.5 cm³/mol. The summed E-state index contributed by atoms with van der Waals surface area (Å²) in [4.78, 5) is 22.4. The summed E-state index contributed by atoms with van der Waals surface area (Å²) in [6.07, 6.45) is 4.63. The molecule has 1 atom stereocenters. The van der Waals surface area contributed by atoms with Crippen LogP contribution in [0.3, 0.4) is 0 Å². The molecule has 0 aromatic carbocycles. The first-order valence-electron chi connectivity index (χ1n) is 8.03. The fourth-order valence-electron chi connectivity index (χ4n) is 3.07. The molecular weight excluding hydrogens is 292 g/mol. The largest absolute Gasteiger partial charge is 0.378 e. The highest BCUT2D eigenvalue weighted by atomic mass is 16.5. The molecule has 2 saturated heterocycles. The van der Waals surface area contributed by atoms with E-state index in [-0.39, 0.29) is 6.04 Å². The fourth-order valence-corrected chi connectivity index (χ4v) is 3.07. The lowest BCUT2D eigenvalue weighted by Gasteiger charge is -2.40. The van der Waals surface area contributed by atoms with Crippen LogP contribution in [-0.2, 0) is 4.74 Å². The monoisotopic (exact) mass is 312 g/mol. The van der Waals surface area contributed by atoms with Gasteiger partial charge in [-0.1, -0.05) is 0 Å². The third-order valence-electron chi connectivity index (χ3n) is 4.35. The first-order chi connectivity index (χ1) is 11.3. The molecule has 2 aliphatic rings. The Morgan fingerprint density at radius 3 is 2.57 bits per heavy atom. The molecule has 0 unspecified atom stereocenters. The molecule has 0 radical (unpaired) electrons. The van der Waals surface area contributed by atoms with Gasteiger partial charge < -0.3 is 14.5 Å². The zero-order chi connectivity index (χ0) is 15.6. The summed E-state index contributed by atoms with van der Waals surface area (Å²) >= 11 is 0. The van der Waals surface area contributed by atoms with Crippen LogP contribution in [0.5, 0.6) is 0 Å². The normalized spacial score (nSPS) is 21.2. The second-order valence-electron chi connectivity index (χ2n) is 5.84. The molecule has 4 rings (SSSR count). The molecule has 0 amide bonds. The Bertz CT molecular complexity index is 674. The van der Waals surface area contributed by atoms with E-state index in [0.29, 0.717) is 0 Å². The molecule has 120 valence electrons. The van der Waals surface area contributed by atoms with Gasteiger partial charge in [0, 0.05) is 38.1 Å². The Kier molecular flexibility index (Phi) is 3.78. The van der Waals surface area contributed by atoms with E-state index in [0.717, 1.165) is 62.6 Å². The van der Waals surface area contributed by atoms with Gasteiger partial charge >= 0.3 is 0 Å². The molecule has 4 heterocycles. The Hall–Kier alpha value is -2.28. The molecule has 0 bridgehead atoms. The second-order valence-corrected chi connectivity index (χ2v) is 5.84. The van der Waals surface area contributed by atoms with E-state index in [4.69, 9.17) is 4.74 Å². The van der Waals surface area contributed by atoms with Gasteiger partial charge in [-0.05, 0) is 19.4 Å². The third-order valence-corrected chi connectivity index (χ3v) is 4.35. The zero-order valence-corrected chi connectivity index (χ0v) is 13.2. The van der Waals surface area contributed by atoms with Crippen LogP contribution >= 0.6 is 0 Å². The zero-order valence-electron chi connectivity index (χ0n) is 13.2. The van der Waals surface area contributed by atoms with Crippen molar-refractivity contribution >= 4 is 11.8 Å². The summed E-state index contributed by atoms with van der Waals surface area (Å²) in [7, 11) is 0. The van der Waals surface area contributed by atoms with Gasteiger partial charge in [0.15, 0.2) is 0 Å². The highest BCUT2D eigenvalue weighted by molar-refractivity contribution is 5.45. The van der Waals surface area contributed by atoms with E-state index < -0.39 is 0 Å². The van der Waals surface area contributed by atoms with Crippen LogP contribution in [0.15, 0.2) is 24.5 Å². The topological polar surface area (TPSA) is 67.3 Å². The maximum Gasteiger partial charge on any atom is 0.225 e. The van der Waals surface area contributed by atoms with E-state index in [1.54, 1.807) is 12.4 Å². The van der Waals surface area contributed by atoms with Crippen LogP contribution < -0.4 is 9.80 Å². The van der Waals surface area contributed by atoms with E-state index in [1.165, 1.54) is 0 Å². The Labute approximate surface area is 135 Å². The SMILES string of the molecule is Cc1nc([C@H]2CCN2c2ncccn2)cc(N2CCOCC2)n1. The Morgan fingerprint density at radius 2 is 1.87 bits per heavy atom. The molecule has 0 aliphatic carbocycles. The first-order valence-corrected chi connectivity index (χ1v) is 8.03. The molecule has 23 heavy (non-hydrogen) atoms. The maximum absolute atomic E-state index is 5.43. The predicted octanol–water partition coefficient (Wildman–Crippen LogP) is 1.36. The van der Waals surface area contributed by atoms with E-state index in [1.807, 2.05) is 13.0 Å². The van der Waals surface area contributed by atoms with Gasteiger partial charge in [0.2, 0.25) is 5.95 Å². The van der Waals surface area contributed by atoms with E-state index >= 15 is 0 Å². The lowest BCUT2D eigenvalue weighted by atomic mass is 9.99. The number of morpholine rings is 1. The van der Waals surface area contributed by atoms with Crippen molar-refractivity contribution in [3.05, 3.63) is 36.0 Å². The molecular formula is C16H20N6O. The quantitative estimate of drug-likeness (QED) is 0.847. The number of ether oxygens (including phenoxy) is 1. The minimum Gasteiger partial charge on any atom is -0.378 e. The van der Waals surface area contributed by atoms with Crippen LogP contribution in [-0.4, -0.2) is 52.8 Å². The minimum absolute atomic E-state index is 0.235. The van der Waals surface area contributed by atoms with Crippen molar-refractivity contribution in [2.45, 2.75) is 19.4 Å². The molecule has 2 aromatic heterocycles. The second kappa shape index (κ2) is 6.08. The standard InChI is InChI=1S/C16H20N6O/c1-12-19-13(11-15(20-12)21-7-9-23-10-8-21)14-3-6-22(14)16-17-4-2-5-18-16/h2,4-5,11,14H,3,6-10H2,1H3/t14-/m1/s1. The smallest absolute Gasteiger partial charge is 0.225 e. The van der Waals surface area contributed by atoms with Crippen molar-refractivity contribution < 1.29 is 4.74 Å². The third kappa shape index (κ3) is 2.84. The summed E-state index contributed by atoms with van der Waals surface area (Å²) in [6.45, 7) is 6.19. The van der Waals surface area contributed by atoms with Gasteiger partial charge in [-0.15, -0.1) is 0 Å². The minimum atomic E-state index is 0.235. The average molecular weight is 312 g/mol. The average Bonchev–Trinajstić information content (AvgIpc) is 2.55. The van der Waals surface area contributed by atoms with Crippen molar-refractivity contribution in [2.24, 2.45) is 0 Å². The molecule has 7 nitrogen and oxygen atoms in total. The summed E-state index contributed by atoms with van der Waals surface area (Å²) in [5.41, 5.74) is 1.05. The number of rotatable bonds is 3. The number of aryl methyl sites for hydroxylation is 1. The van der Waals surface area contributed by atoms with Crippen LogP contribution in [0, 0.1) is 6.92 Å². The van der Waals surface area contributed by atoms with Crippen LogP contribution in [0.25, 0.3) is 0 Å². The van der Waals surface area contributed by atoms with Crippen molar-refractivity contribution in [1.29, 1.82) is 0 Å². The number of anilines is 2. The van der Waals surface area contributed by atoms with Gasteiger partial charge in [0.1, 0.15) is 11.6 Å². The highest BCUT2D eigenvalue weighted by Gasteiger charge is 2.33. The van der Waals surface area contributed by atoms with Crippen molar-refractivity contribution in [2.75, 3.05) is 42.6 Å². The summed E-state index contributed by atoms with van der Waals surface area (Å²) in [5.74, 6) is 2.58. The Morgan fingerprint density at radius 1 is 1.09 bits per heavy atom. The van der Waals surface area contributed by atoms with Gasteiger partial charge in [0.25, 0.3) is 0 Å². The lowest BCUT2D eigenvalue weighted by Crippen LogP contribution is -2.43. The summed E-state index contributed by atoms with van der Waals surface area (Å²) < 4.78 is 5.43. The molecule has 7 heteroatoms. The van der Waals surface area contributed by atoms with Crippen LogP contribution in [0.4, 0.5) is 11.8 Å². The molecule has 0 spiro atoms. The molecule has 2 fully saturated rings. The number of nitrogens with zero attached hydrogens (tertiary/aromatic N) is 6. The summed E-state index contributed by atoms with van der Waals surface area (Å²) in [6, 6.07) is 4.18. The number of aromatic nitrogens is 4. The maximum atomic E-state index is 5.43. The molecule has 2 aliphatic heterocycles. The van der Waals surface area contributed by atoms with Gasteiger partial charge in [0.05, 0.1) is 24.9 Å². The van der Waals surface area contributed by atoms with E-state index in [2.05, 4.69) is 35.8 Å². The van der Waals surface area contributed by atoms with Crippen molar-refractivity contribution in [3.8, 4) is 0 Å². The highest BCUT2D eigenvalue weighted by Crippen LogP contribution is 2.35. The Balaban J connectivity index is 1.60. The molecule has 0 saturated carbocycles. The first kappa shape index (κ1) is 14.3. The number of hydrogen-bond acceptors (Lipinski definition) is 7. The van der Waals surface area contributed by atoms with Crippen LogP contribution in [0.2, 0.25) is 0 Å². The lowest BCUT2D eigenvalue weighted by molar-refractivity contribution is 0.122. The van der Waals surface area contributed by atoms with Crippen molar-refractivity contribution in [3.63, 3.8) is 0 Å². The fraction of sp³-hybridized carbons (Fsp3) is 0.500. The van der Waals surface area contributed by atoms with Gasteiger partial charge in [-0.2, -0.15) is 0 Å². The van der Waals surface area contributed by atoms with Crippen molar-refractivity contribution in [1.82, 2.24) is 19.9 Å². The van der Waals surface area contributed by atoms with Gasteiger partial charge in [-0.3, -0.25) is 0 Å². The van der Waals surface area contributed by atoms with Crippen LogP contribution in [0.1, 0.15) is 24.0 Å². The van der Waals surface area contributed by atoms with E-state index in [9.17, 15) is 0 Å². The molecule has 2 aromatic rings.